The summed E-state index contributed by atoms with van der Waals surface area (Å²) in [6.45, 7) is 0. The normalized spacial score (nSPS) is 12.0. The highest BCUT2D eigenvalue weighted by molar-refractivity contribution is 7.89. The van der Waals surface area contributed by atoms with Gasteiger partial charge in [-0.25, -0.2) is 13.6 Å². The summed E-state index contributed by atoms with van der Waals surface area (Å²) >= 11 is 0. The van der Waals surface area contributed by atoms with Gasteiger partial charge in [-0.3, -0.25) is 10.4 Å². The van der Waals surface area contributed by atoms with Crippen LogP contribution in [0.25, 0.3) is 0 Å². The van der Waals surface area contributed by atoms with E-state index >= 15 is 0 Å². The molecule has 6 nitrogen and oxygen atoms in total. The average molecular weight is 352 g/mol. The second-order valence-electron chi connectivity index (χ2n) is 5.24. The number of primary sulfonamides is 1. The average Bonchev–Trinajstić information content (AvgIpc) is 2.63. The second-order valence-corrected chi connectivity index (χ2v) is 6.80. The maximum atomic E-state index is 11.3. The Labute approximate surface area is 146 Å². The van der Waals surface area contributed by atoms with Gasteiger partial charge in [-0.15, -0.1) is 0 Å². The number of nitrogens with one attached hydrogen (secondary N) is 1. The first-order chi connectivity index (χ1) is 12.0. The fraction of sp³-hybridized carbons (Fsp3) is 0. The Morgan fingerprint density at radius 3 is 2.08 bits per heavy atom. The summed E-state index contributed by atoms with van der Waals surface area (Å²) in [4.78, 5) is 4.08. The first-order valence-corrected chi connectivity index (χ1v) is 9.01. The molecule has 0 saturated heterocycles. The van der Waals surface area contributed by atoms with E-state index in [1.807, 2.05) is 42.5 Å². The molecular weight excluding hydrogens is 336 g/mol. The van der Waals surface area contributed by atoms with Crippen LogP contribution >= 0.6 is 0 Å². The quantitative estimate of drug-likeness (QED) is 0.545. The third kappa shape index (κ3) is 4.28. The minimum atomic E-state index is -3.71. The molecule has 0 saturated carbocycles. The van der Waals surface area contributed by atoms with Gasteiger partial charge in [-0.05, 0) is 36.4 Å². The zero-order valence-electron chi connectivity index (χ0n) is 13.2. The molecule has 0 radical (unpaired) electrons. The molecule has 0 aliphatic carbocycles. The van der Waals surface area contributed by atoms with Gasteiger partial charge >= 0.3 is 0 Å². The molecule has 1 aromatic heterocycles. The lowest BCUT2D eigenvalue weighted by Crippen LogP contribution is -2.12. The highest BCUT2D eigenvalue weighted by Gasteiger charge is 2.08. The summed E-state index contributed by atoms with van der Waals surface area (Å²) in [5.74, 6) is 0. The van der Waals surface area contributed by atoms with Gasteiger partial charge in [0.15, 0.2) is 0 Å². The van der Waals surface area contributed by atoms with E-state index in [1.54, 1.807) is 24.5 Å². The van der Waals surface area contributed by atoms with Crippen molar-refractivity contribution in [2.45, 2.75) is 4.90 Å². The SMILES string of the molecule is NS(=O)(=O)c1ccc(N/N=C(/c2ccccc2)c2ccncc2)cc1. The Kier molecular flexibility index (Phi) is 4.87. The van der Waals surface area contributed by atoms with Crippen molar-refractivity contribution < 1.29 is 8.42 Å². The van der Waals surface area contributed by atoms with Crippen LogP contribution in [0, 0.1) is 0 Å². The number of sulfonamides is 1. The number of anilines is 1. The molecule has 0 bridgehead atoms. The Bertz CT molecular complexity index is 929. The highest BCUT2D eigenvalue weighted by Crippen LogP contribution is 2.15. The maximum absolute atomic E-state index is 11.3. The molecule has 1 heterocycles. The van der Waals surface area contributed by atoms with E-state index in [0.29, 0.717) is 5.69 Å². The van der Waals surface area contributed by atoms with E-state index in [4.69, 9.17) is 5.14 Å². The van der Waals surface area contributed by atoms with Crippen LogP contribution in [0.15, 0.2) is 89.1 Å². The van der Waals surface area contributed by atoms with Gasteiger partial charge in [-0.1, -0.05) is 30.3 Å². The number of nitrogens with zero attached hydrogens (tertiary/aromatic N) is 2. The molecule has 0 unspecified atom stereocenters. The summed E-state index contributed by atoms with van der Waals surface area (Å²) in [5.41, 5.74) is 6.21. The zero-order valence-corrected chi connectivity index (χ0v) is 14.0. The standard InChI is InChI=1S/C18H16N4O2S/c19-25(23,24)17-8-6-16(7-9-17)21-22-18(14-4-2-1-3-5-14)15-10-12-20-13-11-15/h1-13,21H,(H2,19,23,24)/b22-18-. The maximum Gasteiger partial charge on any atom is 0.238 e. The van der Waals surface area contributed by atoms with Crippen molar-refractivity contribution in [1.82, 2.24) is 4.98 Å². The number of pyridine rings is 1. The number of aromatic nitrogens is 1. The number of rotatable bonds is 5. The summed E-state index contributed by atoms with van der Waals surface area (Å²) in [7, 11) is -3.71. The van der Waals surface area contributed by atoms with E-state index in [0.717, 1.165) is 16.8 Å². The van der Waals surface area contributed by atoms with Crippen LogP contribution in [0.4, 0.5) is 5.69 Å². The van der Waals surface area contributed by atoms with E-state index in [1.165, 1.54) is 12.1 Å². The van der Waals surface area contributed by atoms with Crippen LogP contribution in [0.3, 0.4) is 0 Å². The second kappa shape index (κ2) is 7.25. The van der Waals surface area contributed by atoms with Crippen LogP contribution in [0.5, 0.6) is 0 Å². The van der Waals surface area contributed by atoms with Crippen LogP contribution in [-0.4, -0.2) is 19.1 Å². The molecule has 7 heteroatoms. The topological polar surface area (TPSA) is 97.4 Å². The van der Waals surface area contributed by atoms with Crippen LogP contribution < -0.4 is 10.6 Å². The van der Waals surface area contributed by atoms with Crippen molar-refractivity contribution in [1.29, 1.82) is 0 Å². The van der Waals surface area contributed by atoms with Crippen molar-refractivity contribution >= 4 is 21.4 Å². The molecule has 0 aliphatic heterocycles. The monoisotopic (exact) mass is 352 g/mol. The lowest BCUT2D eigenvalue weighted by Gasteiger charge is -2.08. The third-order valence-electron chi connectivity index (χ3n) is 3.48. The minimum Gasteiger partial charge on any atom is -0.278 e. The fourth-order valence-electron chi connectivity index (χ4n) is 2.24. The Morgan fingerprint density at radius 2 is 1.48 bits per heavy atom. The summed E-state index contributed by atoms with van der Waals surface area (Å²) in [6, 6.07) is 19.6. The van der Waals surface area contributed by atoms with Gasteiger partial charge in [0.2, 0.25) is 10.0 Å². The largest absolute Gasteiger partial charge is 0.278 e. The Morgan fingerprint density at radius 1 is 0.880 bits per heavy atom. The van der Waals surface area contributed by atoms with Crippen molar-refractivity contribution in [2.24, 2.45) is 10.2 Å². The van der Waals surface area contributed by atoms with Gasteiger partial charge in [0.05, 0.1) is 16.3 Å². The molecule has 0 amide bonds. The Balaban J connectivity index is 1.92. The van der Waals surface area contributed by atoms with Crippen molar-refractivity contribution in [3.8, 4) is 0 Å². The predicted octanol–water partition coefficient (Wildman–Crippen LogP) is 2.59. The third-order valence-corrected chi connectivity index (χ3v) is 4.41. The van der Waals surface area contributed by atoms with E-state index in [-0.39, 0.29) is 4.90 Å². The van der Waals surface area contributed by atoms with Crippen molar-refractivity contribution in [3.05, 3.63) is 90.3 Å². The smallest absolute Gasteiger partial charge is 0.238 e. The van der Waals surface area contributed by atoms with Crippen LogP contribution in [-0.2, 0) is 10.0 Å². The molecule has 3 N–H and O–H groups in total. The first kappa shape index (κ1) is 16.8. The fourth-order valence-corrected chi connectivity index (χ4v) is 2.76. The van der Waals surface area contributed by atoms with E-state index in [2.05, 4.69) is 15.5 Å². The molecule has 0 atom stereocenters. The molecule has 0 aliphatic rings. The molecule has 0 fully saturated rings. The van der Waals surface area contributed by atoms with Gasteiger partial charge in [0.1, 0.15) is 0 Å². The van der Waals surface area contributed by atoms with Crippen LogP contribution in [0.2, 0.25) is 0 Å². The van der Waals surface area contributed by atoms with Crippen molar-refractivity contribution in [3.63, 3.8) is 0 Å². The lowest BCUT2D eigenvalue weighted by atomic mass is 10.0. The lowest BCUT2D eigenvalue weighted by molar-refractivity contribution is 0.598. The summed E-state index contributed by atoms with van der Waals surface area (Å²) in [6.07, 6.45) is 3.41. The molecule has 126 valence electrons. The van der Waals surface area contributed by atoms with Crippen LogP contribution in [0.1, 0.15) is 11.1 Å². The molecular formula is C18H16N4O2S. The number of hydrogen-bond donors (Lipinski definition) is 2. The highest BCUT2D eigenvalue weighted by atomic mass is 32.2. The molecule has 0 spiro atoms. The van der Waals surface area contributed by atoms with Gasteiger partial charge in [-0.2, -0.15) is 5.10 Å². The van der Waals surface area contributed by atoms with E-state index in [9.17, 15) is 8.42 Å². The minimum absolute atomic E-state index is 0.0550. The number of hydrazone groups is 1. The number of benzene rings is 2. The zero-order chi connectivity index (χ0) is 17.7. The van der Waals surface area contributed by atoms with Gasteiger partial charge in [0.25, 0.3) is 0 Å². The Hall–Kier alpha value is -3.03. The number of nitrogens with two attached hydrogens (primary N) is 1. The molecule has 3 rings (SSSR count). The summed E-state index contributed by atoms with van der Waals surface area (Å²) < 4.78 is 22.6. The van der Waals surface area contributed by atoms with E-state index < -0.39 is 10.0 Å². The van der Waals surface area contributed by atoms with Gasteiger partial charge in [0, 0.05) is 23.5 Å². The van der Waals surface area contributed by atoms with Gasteiger partial charge < -0.3 is 0 Å². The number of hydrogen-bond acceptors (Lipinski definition) is 5. The predicted molar refractivity (Wildman–Crippen MR) is 97.8 cm³/mol. The molecule has 2 aromatic carbocycles. The summed E-state index contributed by atoms with van der Waals surface area (Å²) in [5, 5.41) is 9.58. The molecule has 25 heavy (non-hydrogen) atoms. The van der Waals surface area contributed by atoms with Crippen molar-refractivity contribution in [2.75, 3.05) is 5.43 Å². The first-order valence-electron chi connectivity index (χ1n) is 7.46. The molecule has 3 aromatic rings.